The number of sulfonamides is 1. The number of halogens is 1. The molecule has 140 valence electrons. The lowest BCUT2D eigenvalue weighted by atomic mass is 10.1. The van der Waals surface area contributed by atoms with Crippen molar-refractivity contribution in [1.82, 2.24) is 5.32 Å². The zero-order chi connectivity index (χ0) is 19.5. The molecule has 2 aromatic carbocycles. The largest absolute Gasteiger partial charge is 0.496 e. The van der Waals surface area contributed by atoms with E-state index in [0.29, 0.717) is 11.4 Å². The van der Waals surface area contributed by atoms with E-state index >= 15 is 0 Å². The molecule has 1 atom stereocenters. The Labute approximate surface area is 152 Å². The zero-order valence-electron chi connectivity index (χ0n) is 15.0. The van der Waals surface area contributed by atoms with Crippen molar-refractivity contribution in [1.29, 1.82) is 0 Å². The Bertz CT molecular complexity index is 898. The number of nitrogens with one attached hydrogen (secondary N) is 1. The van der Waals surface area contributed by atoms with Gasteiger partial charge in [0, 0.05) is 7.05 Å². The molecule has 0 saturated carbocycles. The number of amides is 1. The van der Waals surface area contributed by atoms with Crippen molar-refractivity contribution < 1.29 is 22.3 Å². The molecule has 2 rings (SSSR count). The number of methoxy groups -OCH3 is 1. The summed E-state index contributed by atoms with van der Waals surface area (Å²) >= 11 is 0. The molecule has 1 N–H and O–H groups in total. The highest BCUT2D eigenvalue weighted by atomic mass is 32.2. The van der Waals surface area contributed by atoms with Gasteiger partial charge in [-0.15, -0.1) is 0 Å². The Balaban J connectivity index is 2.30. The van der Waals surface area contributed by atoms with Crippen molar-refractivity contribution >= 4 is 21.6 Å². The Hall–Kier alpha value is -2.61. The minimum atomic E-state index is -3.46. The normalized spacial score (nSPS) is 12.3. The zero-order valence-corrected chi connectivity index (χ0v) is 15.8. The van der Waals surface area contributed by atoms with Gasteiger partial charge in [0.1, 0.15) is 11.6 Å². The molecule has 0 aliphatic rings. The van der Waals surface area contributed by atoms with E-state index in [1.807, 2.05) is 0 Å². The fourth-order valence-corrected chi connectivity index (χ4v) is 2.87. The Morgan fingerprint density at radius 3 is 2.35 bits per heavy atom. The van der Waals surface area contributed by atoms with E-state index in [4.69, 9.17) is 4.74 Å². The molecule has 0 radical (unpaired) electrons. The molecule has 0 heterocycles. The fraction of sp³-hybridized carbons (Fsp3) is 0.278. The van der Waals surface area contributed by atoms with Gasteiger partial charge in [-0.2, -0.15) is 0 Å². The summed E-state index contributed by atoms with van der Waals surface area (Å²) in [6, 6.07) is 9.99. The Morgan fingerprint density at radius 1 is 1.19 bits per heavy atom. The molecule has 2 aromatic rings. The number of hydrogen-bond donors (Lipinski definition) is 1. The topological polar surface area (TPSA) is 75.7 Å². The second-order valence-electron chi connectivity index (χ2n) is 5.86. The highest BCUT2D eigenvalue weighted by Crippen LogP contribution is 2.26. The molecule has 0 aliphatic carbocycles. The van der Waals surface area contributed by atoms with Crippen LogP contribution in [0.4, 0.5) is 10.1 Å². The average molecular weight is 380 g/mol. The summed E-state index contributed by atoms with van der Waals surface area (Å²) in [5.41, 5.74) is 1.28. The van der Waals surface area contributed by atoms with Crippen LogP contribution in [-0.4, -0.2) is 34.7 Å². The maximum Gasteiger partial charge on any atom is 0.255 e. The van der Waals surface area contributed by atoms with Crippen molar-refractivity contribution in [3.05, 3.63) is 59.4 Å². The van der Waals surface area contributed by atoms with Crippen LogP contribution < -0.4 is 14.4 Å². The smallest absolute Gasteiger partial charge is 0.255 e. The van der Waals surface area contributed by atoms with Crippen LogP contribution in [-0.2, 0) is 10.0 Å². The number of hydrogen-bond acceptors (Lipinski definition) is 4. The number of carbonyl (C=O) groups is 1. The molecule has 8 heteroatoms. The second-order valence-corrected chi connectivity index (χ2v) is 7.88. The molecule has 0 unspecified atom stereocenters. The van der Waals surface area contributed by atoms with Crippen LogP contribution in [0.2, 0.25) is 0 Å². The molecule has 0 aromatic heterocycles. The highest BCUT2D eigenvalue weighted by Gasteiger charge is 2.19. The number of anilines is 1. The van der Waals surface area contributed by atoms with Gasteiger partial charge in [0.05, 0.1) is 30.7 Å². The van der Waals surface area contributed by atoms with Gasteiger partial charge in [-0.1, -0.05) is 12.1 Å². The van der Waals surface area contributed by atoms with Gasteiger partial charge in [0.25, 0.3) is 5.91 Å². The monoisotopic (exact) mass is 380 g/mol. The van der Waals surface area contributed by atoms with Crippen molar-refractivity contribution in [3.63, 3.8) is 0 Å². The summed E-state index contributed by atoms with van der Waals surface area (Å²) in [5, 5.41) is 2.80. The van der Waals surface area contributed by atoms with E-state index < -0.39 is 15.9 Å². The van der Waals surface area contributed by atoms with Crippen molar-refractivity contribution in [2.45, 2.75) is 13.0 Å². The minimum absolute atomic E-state index is 0.203. The summed E-state index contributed by atoms with van der Waals surface area (Å²) in [5.74, 6) is -0.465. The van der Waals surface area contributed by atoms with E-state index in [2.05, 4.69) is 5.32 Å². The highest BCUT2D eigenvalue weighted by molar-refractivity contribution is 7.92. The molecule has 0 fully saturated rings. The second kappa shape index (κ2) is 7.74. The Morgan fingerprint density at radius 2 is 1.81 bits per heavy atom. The first-order chi connectivity index (χ1) is 12.1. The number of ether oxygens (including phenoxy) is 1. The first kappa shape index (κ1) is 19.7. The summed E-state index contributed by atoms with van der Waals surface area (Å²) in [6.45, 7) is 1.77. The van der Waals surface area contributed by atoms with E-state index in [-0.39, 0.29) is 17.4 Å². The van der Waals surface area contributed by atoms with E-state index in [0.717, 1.165) is 16.1 Å². The summed E-state index contributed by atoms with van der Waals surface area (Å²) in [4.78, 5) is 12.7. The molecule has 6 nitrogen and oxygen atoms in total. The molecule has 0 bridgehead atoms. The van der Waals surface area contributed by atoms with Gasteiger partial charge in [-0.25, -0.2) is 12.8 Å². The lowest BCUT2D eigenvalue weighted by molar-refractivity contribution is 0.0937. The maximum atomic E-state index is 13.0. The molecule has 0 aliphatic heterocycles. The van der Waals surface area contributed by atoms with Crippen LogP contribution >= 0.6 is 0 Å². The van der Waals surface area contributed by atoms with Crippen LogP contribution in [0.3, 0.4) is 0 Å². The third-order valence-electron chi connectivity index (χ3n) is 4.01. The third kappa shape index (κ3) is 4.51. The summed E-state index contributed by atoms with van der Waals surface area (Å²) in [6.07, 6.45) is 1.08. The summed E-state index contributed by atoms with van der Waals surface area (Å²) in [7, 11) is -0.634. The van der Waals surface area contributed by atoms with E-state index in [1.54, 1.807) is 25.1 Å². The van der Waals surface area contributed by atoms with Crippen molar-refractivity contribution in [3.8, 4) is 5.75 Å². The Kier molecular flexibility index (Phi) is 5.86. The van der Waals surface area contributed by atoms with Crippen LogP contribution in [0.1, 0.15) is 28.9 Å². The predicted molar refractivity (Wildman–Crippen MR) is 98.5 cm³/mol. The van der Waals surface area contributed by atoms with E-state index in [9.17, 15) is 17.6 Å². The summed E-state index contributed by atoms with van der Waals surface area (Å²) < 4.78 is 42.8. The van der Waals surface area contributed by atoms with Gasteiger partial charge in [-0.3, -0.25) is 9.10 Å². The van der Waals surface area contributed by atoms with Gasteiger partial charge >= 0.3 is 0 Å². The maximum absolute atomic E-state index is 13.0. The molecule has 1 amide bonds. The van der Waals surface area contributed by atoms with E-state index in [1.165, 1.54) is 38.4 Å². The number of rotatable bonds is 6. The number of carbonyl (C=O) groups excluding carboxylic acids is 1. The fourth-order valence-electron chi connectivity index (χ4n) is 2.37. The predicted octanol–water partition coefficient (Wildman–Crippen LogP) is 2.72. The van der Waals surface area contributed by atoms with Crippen molar-refractivity contribution in [2.24, 2.45) is 0 Å². The van der Waals surface area contributed by atoms with Crippen molar-refractivity contribution in [2.75, 3.05) is 24.7 Å². The molecular weight excluding hydrogens is 359 g/mol. The van der Waals surface area contributed by atoms with Crippen LogP contribution in [0.25, 0.3) is 0 Å². The molecule has 26 heavy (non-hydrogen) atoms. The lowest BCUT2D eigenvalue weighted by Crippen LogP contribution is -2.28. The molecule has 0 spiro atoms. The molecular formula is C18H21FN2O4S. The third-order valence-corrected chi connectivity index (χ3v) is 5.21. The lowest BCUT2D eigenvalue weighted by Gasteiger charge is -2.20. The average Bonchev–Trinajstić information content (AvgIpc) is 2.60. The van der Waals surface area contributed by atoms with Gasteiger partial charge in [0.2, 0.25) is 10.0 Å². The quantitative estimate of drug-likeness (QED) is 0.836. The van der Waals surface area contributed by atoms with Crippen LogP contribution in [0.15, 0.2) is 42.5 Å². The van der Waals surface area contributed by atoms with Gasteiger partial charge in [-0.05, 0) is 42.8 Å². The van der Waals surface area contributed by atoms with Gasteiger partial charge in [0.15, 0.2) is 0 Å². The first-order valence-corrected chi connectivity index (χ1v) is 9.66. The minimum Gasteiger partial charge on any atom is -0.496 e. The SMILES string of the molecule is COc1ccc(N(C)S(C)(=O)=O)cc1C(=O)N[C@H](C)c1ccc(F)cc1. The standard InChI is InChI=1S/C18H21FN2O4S/c1-12(13-5-7-14(19)8-6-13)20-18(22)16-11-15(9-10-17(16)25-3)21(2)26(4,23)24/h5-12H,1-4H3,(H,20,22)/t12-/m1/s1. The van der Waals surface area contributed by atoms with Gasteiger partial charge < -0.3 is 10.1 Å². The van der Waals surface area contributed by atoms with Crippen LogP contribution in [0, 0.1) is 5.82 Å². The molecule has 0 saturated heterocycles. The number of benzene rings is 2. The number of nitrogens with zero attached hydrogens (tertiary/aromatic N) is 1. The van der Waals surface area contributed by atoms with Crippen LogP contribution in [0.5, 0.6) is 5.75 Å². The first-order valence-electron chi connectivity index (χ1n) is 7.81.